The predicted molar refractivity (Wildman–Crippen MR) is 114 cm³/mol. The van der Waals surface area contributed by atoms with Crippen LogP contribution in [0.1, 0.15) is 22.8 Å². The summed E-state index contributed by atoms with van der Waals surface area (Å²) in [6, 6.07) is 23.3. The second-order valence-electron chi connectivity index (χ2n) is 6.61. The Labute approximate surface area is 169 Å². The Balaban J connectivity index is 2.11. The number of furan rings is 1. The number of hydrogen-bond acceptors (Lipinski definition) is 4. The lowest BCUT2D eigenvalue weighted by molar-refractivity contribution is 0.0527. The SMILES string of the molecule is CCOC(=O)c1c(-c2ccccc2)nc(-c2ccco2)c(C)c1-c1ccccc1. The number of esters is 1. The van der Waals surface area contributed by atoms with E-state index in [1.165, 1.54) is 0 Å². The first-order valence-electron chi connectivity index (χ1n) is 9.57. The molecule has 0 aliphatic rings. The Morgan fingerprint density at radius 2 is 1.55 bits per heavy atom. The molecule has 4 rings (SSSR count). The summed E-state index contributed by atoms with van der Waals surface area (Å²) in [5.74, 6) is 0.277. The monoisotopic (exact) mass is 383 g/mol. The molecule has 29 heavy (non-hydrogen) atoms. The third-order valence-corrected chi connectivity index (χ3v) is 4.78. The van der Waals surface area contributed by atoms with E-state index in [1.54, 1.807) is 13.2 Å². The van der Waals surface area contributed by atoms with Crippen molar-refractivity contribution in [1.82, 2.24) is 4.98 Å². The van der Waals surface area contributed by atoms with E-state index < -0.39 is 0 Å². The summed E-state index contributed by atoms with van der Waals surface area (Å²) in [5, 5.41) is 0. The molecule has 0 saturated heterocycles. The van der Waals surface area contributed by atoms with Crippen LogP contribution in [0.5, 0.6) is 0 Å². The quantitative estimate of drug-likeness (QED) is 0.387. The fourth-order valence-electron chi connectivity index (χ4n) is 3.50. The lowest BCUT2D eigenvalue weighted by atomic mass is 9.90. The zero-order valence-electron chi connectivity index (χ0n) is 16.4. The number of ether oxygens (including phenoxy) is 1. The highest BCUT2D eigenvalue weighted by atomic mass is 16.5. The summed E-state index contributed by atoms with van der Waals surface area (Å²) < 4.78 is 11.1. The summed E-state index contributed by atoms with van der Waals surface area (Å²) in [6.45, 7) is 4.06. The topological polar surface area (TPSA) is 52.3 Å². The molecule has 2 aromatic heterocycles. The van der Waals surface area contributed by atoms with Crippen molar-refractivity contribution in [3.05, 3.63) is 90.2 Å². The van der Waals surface area contributed by atoms with Crippen LogP contribution < -0.4 is 0 Å². The molecule has 0 unspecified atom stereocenters. The summed E-state index contributed by atoms with van der Waals surface area (Å²) in [4.78, 5) is 18.0. The Kier molecular flexibility index (Phi) is 5.25. The van der Waals surface area contributed by atoms with Gasteiger partial charge in [-0.05, 0) is 37.1 Å². The van der Waals surface area contributed by atoms with Crippen molar-refractivity contribution in [2.45, 2.75) is 13.8 Å². The van der Waals surface area contributed by atoms with Gasteiger partial charge in [0.25, 0.3) is 0 Å². The third-order valence-electron chi connectivity index (χ3n) is 4.78. The van der Waals surface area contributed by atoms with Gasteiger partial charge in [-0.25, -0.2) is 9.78 Å². The van der Waals surface area contributed by atoms with Gasteiger partial charge in [0.05, 0.1) is 24.1 Å². The van der Waals surface area contributed by atoms with E-state index in [0.717, 1.165) is 22.3 Å². The molecule has 0 aliphatic heterocycles. The van der Waals surface area contributed by atoms with Gasteiger partial charge in [0.1, 0.15) is 5.69 Å². The first kappa shape index (κ1) is 18.7. The minimum atomic E-state index is -0.383. The number of hydrogen-bond donors (Lipinski definition) is 0. The molecule has 2 aromatic carbocycles. The van der Waals surface area contributed by atoms with Crippen LogP contribution in [-0.2, 0) is 4.74 Å². The Morgan fingerprint density at radius 1 is 0.897 bits per heavy atom. The average Bonchev–Trinajstić information content (AvgIpc) is 3.29. The Morgan fingerprint density at radius 3 is 2.14 bits per heavy atom. The van der Waals surface area contributed by atoms with Crippen molar-refractivity contribution in [1.29, 1.82) is 0 Å². The molecule has 4 aromatic rings. The summed E-state index contributed by atoms with van der Waals surface area (Å²) in [6.07, 6.45) is 1.63. The maximum Gasteiger partial charge on any atom is 0.340 e. The van der Waals surface area contributed by atoms with Crippen LogP contribution in [0.25, 0.3) is 33.8 Å². The molecule has 4 nitrogen and oxygen atoms in total. The van der Waals surface area contributed by atoms with Gasteiger partial charge in [0, 0.05) is 11.1 Å². The largest absolute Gasteiger partial charge is 0.463 e. The lowest BCUT2D eigenvalue weighted by Crippen LogP contribution is -2.12. The van der Waals surface area contributed by atoms with Gasteiger partial charge < -0.3 is 9.15 Å². The number of benzene rings is 2. The normalized spacial score (nSPS) is 10.7. The number of rotatable bonds is 5. The third kappa shape index (κ3) is 3.57. The van der Waals surface area contributed by atoms with Crippen LogP contribution in [0, 0.1) is 6.92 Å². The van der Waals surface area contributed by atoms with E-state index in [0.29, 0.717) is 29.3 Å². The molecule has 0 aliphatic carbocycles. The molecule has 0 bridgehead atoms. The molecule has 0 amide bonds. The number of aromatic nitrogens is 1. The molecule has 0 atom stereocenters. The van der Waals surface area contributed by atoms with Gasteiger partial charge in [-0.2, -0.15) is 0 Å². The maximum absolute atomic E-state index is 13.1. The van der Waals surface area contributed by atoms with E-state index in [1.807, 2.05) is 79.7 Å². The van der Waals surface area contributed by atoms with Crippen molar-refractivity contribution >= 4 is 5.97 Å². The van der Waals surface area contributed by atoms with E-state index in [9.17, 15) is 4.79 Å². The summed E-state index contributed by atoms with van der Waals surface area (Å²) in [5.41, 5.74) is 5.22. The van der Waals surface area contributed by atoms with Crippen LogP contribution in [0.15, 0.2) is 83.5 Å². The van der Waals surface area contributed by atoms with Crippen LogP contribution in [-0.4, -0.2) is 17.6 Å². The van der Waals surface area contributed by atoms with Crippen molar-refractivity contribution in [2.75, 3.05) is 6.61 Å². The fourth-order valence-corrected chi connectivity index (χ4v) is 3.50. The summed E-state index contributed by atoms with van der Waals surface area (Å²) >= 11 is 0. The van der Waals surface area contributed by atoms with Crippen LogP contribution >= 0.6 is 0 Å². The molecular formula is C25H21NO3. The molecule has 2 heterocycles. The van der Waals surface area contributed by atoms with Crippen molar-refractivity contribution in [3.8, 4) is 33.8 Å². The predicted octanol–water partition coefficient (Wildman–Crippen LogP) is 6.16. The first-order chi connectivity index (χ1) is 14.2. The van der Waals surface area contributed by atoms with E-state index >= 15 is 0 Å². The van der Waals surface area contributed by atoms with Gasteiger partial charge in [-0.15, -0.1) is 0 Å². The molecule has 0 spiro atoms. The lowest BCUT2D eigenvalue weighted by Gasteiger charge is -2.19. The zero-order chi connectivity index (χ0) is 20.2. The molecule has 0 fully saturated rings. The second kappa shape index (κ2) is 8.15. The minimum absolute atomic E-state index is 0.292. The van der Waals surface area contributed by atoms with E-state index in [2.05, 4.69) is 0 Å². The van der Waals surface area contributed by atoms with Gasteiger partial charge in [-0.3, -0.25) is 0 Å². The molecule has 4 heteroatoms. The molecular weight excluding hydrogens is 362 g/mol. The molecule has 0 N–H and O–H groups in total. The van der Waals surface area contributed by atoms with E-state index in [4.69, 9.17) is 14.1 Å². The highest BCUT2D eigenvalue weighted by Crippen LogP contribution is 2.39. The van der Waals surface area contributed by atoms with Crippen LogP contribution in [0.4, 0.5) is 0 Å². The maximum atomic E-state index is 13.1. The fraction of sp³-hybridized carbons (Fsp3) is 0.120. The Bertz CT molecular complexity index is 1120. The van der Waals surface area contributed by atoms with Crippen molar-refractivity contribution in [3.63, 3.8) is 0 Å². The van der Waals surface area contributed by atoms with Crippen LogP contribution in [0.3, 0.4) is 0 Å². The van der Waals surface area contributed by atoms with Gasteiger partial charge in [-0.1, -0.05) is 60.7 Å². The standard InChI is InChI=1S/C25H21NO3/c1-3-28-25(27)22-21(18-11-6-4-7-12-18)17(2)23(20-15-10-16-29-20)26-24(22)19-13-8-5-9-14-19/h4-16H,3H2,1-2H3. The average molecular weight is 383 g/mol. The van der Waals surface area contributed by atoms with Gasteiger partial charge in [0.15, 0.2) is 5.76 Å². The molecule has 0 radical (unpaired) electrons. The number of nitrogens with zero attached hydrogens (tertiary/aromatic N) is 1. The molecule has 144 valence electrons. The number of pyridine rings is 1. The smallest absolute Gasteiger partial charge is 0.340 e. The second-order valence-corrected chi connectivity index (χ2v) is 6.61. The zero-order valence-corrected chi connectivity index (χ0v) is 16.4. The highest BCUT2D eigenvalue weighted by molar-refractivity contribution is 6.05. The molecule has 0 saturated carbocycles. The summed E-state index contributed by atoms with van der Waals surface area (Å²) in [7, 11) is 0. The van der Waals surface area contributed by atoms with Crippen molar-refractivity contribution < 1.29 is 13.9 Å². The van der Waals surface area contributed by atoms with Crippen molar-refractivity contribution in [2.24, 2.45) is 0 Å². The van der Waals surface area contributed by atoms with Gasteiger partial charge >= 0.3 is 5.97 Å². The van der Waals surface area contributed by atoms with E-state index in [-0.39, 0.29) is 5.97 Å². The first-order valence-corrected chi connectivity index (χ1v) is 9.57. The van der Waals surface area contributed by atoms with Crippen LogP contribution in [0.2, 0.25) is 0 Å². The Hall–Kier alpha value is -3.66. The van der Waals surface area contributed by atoms with Gasteiger partial charge in [0.2, 0.25) is 0 Å². The number of carbonyl (C=O) groups excluding carboxylic acids is 1. The highest BCUT2D eigenvalue weighted by Gasteiger charge is 2.26. The number of carbonyl (C=O) groups is 1. The minimum Gasteiger partial charge on any atom is -0.463 e.